The molecule has 1 aromatic heterocycles. The molecule has 1 heteroatoms. The molecule has 0 N–H and O–H groups in total. The number of furan rings is 1. The van der Waals surface area contributed by atoms with Crippen molar-refractivity contribution in [2.24, 2.45) is 0 Å². The molecule has 1 heterocycles. The Labute approximate surface area is 126 Å². The second-order valence-electron chi connectivity index (χ2n) is 5.43. The quantitative estimate of drug-likeness (QED) is 0.580. The van der Waals surface area contributed by atoms with Crippen molar-refractivity contribution in [2.45, 2.75) is 26.7 Å². The van der Waals surface area contributed by atoms with Gasteiger partial charge in [0, 0.05) is 5.56 Å². The van der Waals surface area contributed by atoms with Crippen molar-refractivity contribution < 1.29 is 4.42 Å². The lowest BCUT2D eigenvalue weighted by atomic mass is 10.0. The van der Waals surface area contributed by atoms with E-state index >= 15 is 0 Å². The van der Waals surface area contributed by atoms with E-state index in [1.165, 1.54) is 23.1 Å². The maximum absolute atomic E-state index is 5.66. The molecular formula is C20H20O. The average molecular weight is 276 g/mol. The second-order valence-corrected chi connectivity index (χ2v) is 5.43. The fourth-order valence-corrected chi connectivity index (χ4v) is 2.57. The van der Waals surface area contributed by atoms with Crippen LogP contribution in [0.1, 0.15) is 24.7 Å². The minimum absolute atomic E-state index is 0.928. The second kappa shape index (κ2) is 6.01. The molecule has 0 bridgehead atoms. The molecule has 3 rings (SSSR count). The van der Waals surface area contributed by atoms with Crippen LogP contribution in [-0.2, 0) is 6.42 Å². The first-order valence-electron chi connectivity index (χ1n) is 7.52. The van der Waals surface area contributed by atoms with E-state index in [2.05, 4.69) is 55.5 Å². The third-order valence-corrected chi connectivity index (χ3v) is 3.74. The van der Waals surface area contributed by atoms with E-state index in [1.807, 2.05) is 19.1 Å². The monoisotopic (exact) mass is 276 g/mol. The summed E-state index contributed by atoms with van der Waals surface area (Å²) in [6.45, 7) is 4.18. The minimum atomic E-state index is 0.928. The number of aryl methyl sites for hydroxylation is 2. The van der Waals surface area contributed by atoms with Gasteiger partial charge in [0.2, 0.25) is 0 Å². The first kappa shape index (κ1) is 13.7. The van der Waals surface area contributed by atoms with E-state index in [-0.39, 0.29) is 0 Å². The Bertz CT molecular complexity index is 702. The van der Waals surface area contributed by atoms with Crippen LogP contribution in [0.3, 0.4) is 0 Å². The van der Waals surface area contributed by atoms with Gasteiger partial charge in [-0.25, -0.2) is 0 Å². The third kappa shape index (κ3) is 3.08. The molecule has 0 amide bonds. The summed E-state index contributed by atoms with van der Waals surface area (Å²) in [6.07, 6.45) is 2.34. The fourth-order valence-electron chi connectivity index (χ4n) is 2.57. The van der Waals surface area contributed by atoms with Crippen LogP contribution in [0, 0.1) is 6.92 Å². The van der Waals surface area contributed by atoms with Crippen LogP contribution in [0.2, 0.25) is 0 Å². The first-order valence-corrected chi connectivity index (χ1v) is 7.52. The van der Waals surface area contributed by atoms with E-state index in [9.17, 15) is 0 Å². The zero-order valence-corrected chi connectivity index (χ0v) is 12.6. The van der Waals surface area contributed by atoms with Gasteiger partial charge in [0.05, 0.1) is 0 Å². The van der Waals surface area contributed by atoms with Gasteiger partial charge in [-0.05, 0) is 42.2 Å². The summed E-state index contributed by atoms with van der Waals surface area (Å²) in [6, 6.07) is 21.4. The number of hydrogen-bond donors (Lipinski definition) is 0. The molecule has 21 heavy (non-hydrogen) atoms. The Hall–Kier alpha value is -2.28. The Balaban J connectivity index is 1.83. The summed E-state index contributed by atoms with van der Waals surface area (Å²) in [5, 5.41) is 0. The lowest BCUT2D eigenvalue weighted by Crippen LogP contribution is -1.84. The highest BCUT2D eigenvalue weighted by molar-refractivity contribution is 5.68. The SMILES string of the molecule is CCCc1ccc(-c2ccc(-c3ccc(C)o3)cc2)cc1. The van der Waals surface area contributed by atoms with Crippen LogP contribution in [-0.4, -0.2) is 0 Å². The largest absolute Gasteiger partial charge is 0.461 e. The molecule has 3 aromatic rings. The fraction of sp³-hybridized carbons (Fsp3) is 0.200. The van der Waals surface area contributed by atoms with Gasteiger partial charge in [0.15, 0.2) is 0 Å². The van der Waals surface area contributed by atoms with Crippen LogP contribution >= 0.6 is 0 Å². The lowest BCUT2D eigenvalue weighted by Gasteiger charge is -2.05. The predicted molar refractivity (Wildman–Crippen MR) is 88.3 cm³/mol. The molecule has 2 aromatic carbocycles. The summed E-state index contributed by atoms with van der Waals surface area (Å²) in [5.74, 6) is 1.87. The Kier molecular flexibility index (Phi) is 3.92. The van der Waals surface area contributed by atoms with Crippen LogP contribution in [0.4, 0.5) is 0 Å². The van der Waals surface area contributed by atoms with Crippen molar-refractivity contribution in [3.8, 4) is 22.5 Å². The zero-order chi connectivity index (χ0) is 14.7. The molecule has 0 radical (unpaired) electrons. The number of benzene rings is 2. The number of hydrogen-bond acceptors (Lipinski definition) is 1. The van der Waals surface area contributed by atoms with Crippen molar-refractivity contribution in [1.29, 1.82) is 0 Å². The van der Waals surface area contributed by atoms with E-state index in [0.717, 1.165) is 23.5 Å². The first-order chi connectivity index (χ1) is 10.3. The van der Waals surface area contributed by atoms with Crippen molar-refractivity contribution in [3.63, 3.8) is 0 Å². The van der Waals surface area contributed by atoms with Crippen LogP contribution < -0.4 is 0 Å². The topological polar surface area (TPSA) is 13.1 Å². The molecule has 106 valence electrons. The van der Waals surface area contributed by atoms with Gasteiger partial charge in [0.25, 0.3) is 0 Å². The molecule has 0 saturated heterocycles. The standard InChI is InChI=1S/C20H20O/c1-3-4-16-6-8-17(9-7-16)18-10-12-19(13-11-18)20-14-5-15(2)21-20/h5-14H,3-4H2,1-2H3. The van der Waals surface area contributed by atoms with Gasteiger partial charge in [-0.1, -0.05) is 61.9 Å². The number of rotatable bonds is 4. The normalized spacial score (nSPS) is 10.8. The highest BCUT2D eigenvalue weighted by Crippen LogP contribution is 2.26. The smallest absolute Gasteiger partial charge is 0.134 e. The summed E-state index contributed by atoms with van der Waals surface area (Å²) < 4.78 is 5.66. The molecule has 0 aliphatic carbocycles. The molecule has 0 spiro atoms. The van der Waals surface area contributed by atoms with E-state index in [0.29, 0.717) is 0 Å². The Morgan fingerprint density at radius 1 is 0.714 bits per heavy atom. The van der Waals surface area contributed by atoms with Crippen LogP contribution in [0.5, 0.6) is 0 Å². The molecule has 0 saturated carbocycles. The predicted octanol–water partition coefficient (Wildman–Crippen LogP) is 5.87. The molecule has 1 nitrogen and oxygen atoms in total. The van der Waals surface area contributed by atoms with Gasteiger partial charge in [-0.3, -0.25) is 0 Å². The van der Waals surface area contributed by atoms with E-state index in [4.69, 9.17) is 4.42 Å². The molecule has 0 aliphatic heterocycles. The van der Waals surface area contributed by atoms with E-state index in [1.54, 1.807) is 0 Å². The van der Waals surface area contributed by atoms with Crippen molar-refractivity contribution in [1.82, 2.24) is 0 Å². The minimum Gasteiger partial charge on any atom is -0.461 e. The summed E-state index contributed by atoms with van der Waals surface area (Å²) in [7, 11) is 0. The zero-order valence-electron chi connectivity index (χ0n) is 12.6. The average Bonchev–Trinajstić information content (AvgIpc) is 2.95. The molecular weight excluding hydrogens is 256 g/mol. The van der Waals surface area contributed by atoms with Crippen LogP contribution in [0.25, 0.3) is 22.5 Å². The highest BCUT2D eigenvalue weighted by Gasteiger charge is 2.03. The third-order valence-electron chi connectivity index (χ3n) is 3.74. The summed E-state index contributed by atoms with van der Waals surface area (Å²) in [5.41, 5.74) is 5.03. The Morgan fingerprint density at radius 2 is 1.29 bits per heavy atom. The van der Waals surface area contributed by atoms with Crippen LogP contribution in [0.15, 0.2) is 65.1 Å². The molecule has 0 fully saturated rings. The van der Waals surface area contributed by atoms with Crippen molar-refractivity contribution in [2.75, 3.05) is 0 Å². The lowest BCUT2D eigenvalue weighted by molar-refractivity contribution is 0.548. The van der Waals surface area contributed by atoms with E-state index < -0.39 is 0 Å². The van der Waals surface area contributed by atoms with Gasteiger partial charge in [-0.2, -0.15) is 0 Å². The van der Waals surface area contributed by atoms with Gasteiger partial charge in [-0.15, -0.1) is 0 Å². The van der Waals surface area contributed by atoms with Gasteiger partial charge < -0.3 is 4.42 Å². The highest BCUT2D eigenvalue weighted by atomic mass is 16.3. The van der Waals surface area contributed by atoms with Crippen molar-refractivity contribution >= 4 is 0 Å². The maximum Gasteiger partial charge on any atom is 0.134 e. The molecule has 0 unspecified atom stereocenters. The Morgan fingerprint density at radius 3 is 1.81 bits per heavy atom. The molecule has 0 aliphatic rings. The van der Waals surface area contributed by atoms with Gasteiger partial charge in [0.1, 0.15) is 11.5 Å². The van der Waals surface area contributed by atoms with Gasteiger partial charge >= 0.3 is 0 Å². The maximum atomic E-state index is 5.66. The van der Waals surface area contributed by atoms with Crippen molar-refractivity contribution in [3.05, 3.63) is 72.0 Å². The summed E-state index contributed by atoms with van der Waals surface area (Å²) in [4.78, 5) is 0. The molecule has 0 atom stereocenters. The summed E-state index contributed by atoms with van der Waals surface area (Å²) >= 11 is 0.